The Morgan fingerprint density at radius 2 is 2.09 bits per heavy atom. The van der Waals surface area contributed by atoms with Crippen LogP contribution in [0.2, 0.25) is 0 Å². The molecule has 1 rings (SSSR count). The van der Waals surface area contributed by atoms with Gasteiger partial charge >= 0.3 is 5.97 Å². The van der Waals surface area contributed by atoms with Crippen LogP contribution in [-0.2, 0) is 4.79 Å². The van der Waals surface area contributed by atoms with Crippen LogP contribution < -0.4 is 0 Å². The first-order chi connectivity index (χ1) is 5.29. The number of carbonyl (C=O) groups is 1. The number of carboxylic acid groups (broad SMARTS) is 1. The Labute approximate surface area is 64.8 Å². The summed E-state index contributed by atoms with van der Waals surface area (Å²) in [5.74, 6) is -0.933. The molecule has 2 nitrogen and oxygen atoms in total. The predicted octanol–water partition coefficient (Wildman–Crippen LogP) is 1.58. The van der Waals surface area contributed by atoms with E-state index in [9.17, 15) is 4.79 Å². The van der Waals surface area contributed by atoms with E-state index in [2.05, 4.69) is 6.07 Å². The maximum atomic E-state index is 10.1. The molecule has 0 aliphatic rings. The lowest BCUT2D eigenvalue weighted by Gasteiger charge is -1.87. The molecule has 0 heterocycles. The molecule has 0 atom stereocenters. The SMILES string of the molecule is O=C(O)/C=C/c1cc[c]cc1. The fraction of sp³-hybridized carbons (Fsp3) is 0. The molecule has 0 fully saturated rings. The van der Waals surface area contributed by atoms with Crippen molar-refractivity contribution in [1.29, 1.82) is 0 Å². The van der Waals surface area contributed by atoms with Crippen molar-refractivity contribution in [3.8, 4) is 0 Å². The average molecular weight is 147 g/mol. The van der Waals surface area contributed by atoms with E-state index in [1.807, 2.05) is 0 Å². The summed E-state index contributed by atoms with van der Waals surface area (Å²) < 4.78 is 0. The van der Waals surface area contributed by atoms with Gasteiger partial charge in [-0.25, -0.2) is 4.79 Å². The Kier molecular flexibility index (Phi) is 2.44. The molecule has 55 valence electrons. The molecular weight excluding hydrogens is 140 g/mol. The van der Waals surface area contributed by atoms with E-state index in [1.54, 1.807) is 24.3 Å². The van der Waals surface area contributed by atoms with Crippen molar-refractivity contribution < 1.29 is 9.90 Å². The Hall–Kier alpha value is -1.57. The van der Waals surface area contributed by atoms with Crippen LogP contribution in [-0.4, -0.2) is 11.1 Å². The zero-order valence-corrected chi connectivity index (χ0v) is 5.82. The lowest BCUT2D eigenvalue weighted by atomic mass is 10.2. The van der Waals surface area contributed by atoms with Crippen molar-refractivity contribution >= 4 is 12.0 Å². The molecule has 0 spiro atoms. The predicted molar refractivity (Wildman–Crippen MR) is 41.9 cm³/mol. The van der Waals surface area contributed by atoms with E-state index in [0.29, 0.717) is 0 Å². The molecule has 0 aromatic heterocycles. The van der Waals surface area contributed by atoms with Crippen LogP contribution in [0.1, 0.15) is 5.56 Å². The van der Waals surface area contributed by atoms with Gasteiger partial charge in [-0.3, -0.25) is 0 Å². The van der Waals surface area contributed by atoms with E-state index in [-0.39, 0.29) is 0 Å². The van der Waals surface area contributed by atoms with Crippen molar-refractivity contribution in [1.82, 2.24) is 0 Å². The average Bonchev–Trinajstić information content (AvgIpc) is 2.03. The van der Waals surface area contributed by atoms with Gasteiger partial charge in [-0.2, -0.15) is 0 Å². The molecule has 0 amide bonds. The molecule has 0 aliphatic heterocycles. The maximum absolute atomic E-state index is 10.1. The first-order valence-electron chi connectivity index (χ1n) is 3.16. The molecule has 0 saturated carbocycles. The zero-order chi connectivity index (χ0) is 8.10. The lowest BCUT2D eigenvalue weighted by molar-refractivity contribution is -0.131. The third-order valence-corrected chi connectivity index (χ3v) is 1.16. The van der Waals surface area contributed by atoms with Crippen molar-refractivity contribution in [3.63, 3.8) is 0 Å². The van der Waals surface area contributed by atoms with Gasteiger partial charge < -0.3 is 5.11 Å². The van der Waals surface area contributed by atoms with Crippen molar-refractivity contribution in [2.45, 2.75) is 0 Å². The van der Waals surface area contributed by atoms with Gasteiger partial charge in [0.2, 0.25) is 0 Å². The Bertz CT molecular complexity index is 262. The molecule has 2 heteroatoms. The lowest BCUT2D eigenvalue weighted by Crippen LogP contribution is -1.85. The maximum Gasteiger partial charge on any atom is 0.328 e. The largest absolute Gasteiger partial charge is 0.478 e. The number of hydrogen-bond acceptors (Lipinski definition) is 1. The minimum absolute atomic E-state index is 0.867. The van der Waals surface area contributed by atoms with Crippen LogP contribution >= 0.6 is 0 Å². The molecule has 1 aromatic carbocycles. The highest BCUT2D eigenvalue weighted by Gasteiger charge is 1.86. The van der Waals surface area contributed by atoms with Crippen LogP contribution in [0.15, 0.2) is 30.3 Å². The monoisotopic (exact) mass is 147 g/mol. The van der Waals surface area contributed by atoms with E-state index in [1.165, 1.54) is 6.08 Å². The highest BCUT2D eigenvalue weighted by molar-refractivity contribution is 5.85. The first-order valence-corrected chi connectivity index (χ1v) is 3.16. The molecule has 0 saturated heterocycles. The van der Waals surface area contributed by atoms with Crippen molar-refractivity contribution in [2.75, 3.05) is 0 Å². The van der Waals surface area contributed by atoms with E-state index >= 15 is 0 Å². The number of aliphatic carboxylic acids is 1. The van der Waals surface area contributed by atoms with Crippen molar-refractivity contribution in [2.24, 2.45) is 0 Å². The molecule has 1 N–H and O–H groups in total. The molecule has 0 unspecified atom stereocenters. The van der Waals surface area contributed by atoms with Gasteiger partial charge in [0.15, 0.2) is 0 Å². The van der Waals surface area contributed by atoms with E-state index in [0.717, 1.165) is 11.6 Å². The number of benzene rings is 1. The summed E-state index contributed by atoms with van der Waals surface area (Å²) in [6.45, 7) is 0. The van der Waals surface area contributed by atoms with E-state index < -0.39 is 5.97 Å². The van der Waals surface area contributed by atoms with Gasteiger partial charge in [-0.15, -0.1) is 0 Å². The summed E-state index contributed by atoms with van der Waals surface area (Å²) in [5, 5.41) is 8.28. The summed E-state index contributed by atoms with van der Waals surface area (Å²) in [5.41, 5.74) is 0.867. The van der Waals surface area contributed by atoms with Crippen LogP contribution in [0, 0.1) is 6.07 Å². The molecule has 1 aromatic rings. The summed E-state index contributed by atoms with van der Waals surface area (Å²) in [6, 6.07) is 9.90. The molecule has 1 radical (unpaired) electrons. The highest BCUT2D eigenvalue weighted by Crippen LogP contribution is 1.99. The van der Waals surface area contributed by atoms with Gasteiger partial charge in [0.05, 0.1) is 0 Å². The van der Waals surface area contributed by atoms with Gasteiger partial charge in [-0.1, -0.05) is 24.3 Å². The second-order valence-electron chi connectivity index (χ2n) is 2.00. The fourth-order valence-corrected chi connectivity index (χ4v) is 0.678. The summed E-state index contributed by atoms with van der Waals surface area (Å²) in [7, 11) is 0. The second kappa shape index (κ2) is 3.56. The highest BCUT2D eigenvalue weighted by atomic mass is 16.4. The minimum atomic E-state index is -0.933. The third-order valence-electron chi connectivity index (χ3n) is 1.16. The topological polar surface area (TPSA) is 37.3 Å². The number of carboxylic acids is 1. The summed E-state index contributed by atoms with van der Waals surface area (Å²) >= 11 is 0. The third kappa shape index (κ3) is 2.67. The quantitative estimate of drug-likeness (QED) is 0.645. The van der Waals surface area contributed by atoms with Crippen LogP contribution in [0.25, 0.3) is 6.08 Å². The molecule has 11 heavy (non-hydrogen) atoms. The smallest absolute Gasteiger partial charge is 0.328 e. The fourth-order valence-electron chi connectivity index (χ4n) is 0.678. The van der Waals surface area contributed by atoms with Gasteiger partial charge in [0, 0.05) is 6.08 Å². The summed E-state index contributed by atoms with van der Waals surface area (Å²) in [6.07, 6.45) is 2.64. The standard InChI is InChI=1S/C9H7O2/c10-9(11)7-6-8-4-2-1-3-5-8/h2-7H,(H,10,11)/b7-6+. The van der Waals surface area contributed by atoms with Gasteiger partial charge in [0.1, 0.15) is 0 Å². The number of rotatable bonds is 2. The number of hydrogen-bond donors (Lipinski definition) is 1. The molecular formula is C9H7O2. The normalized spacial score (nSPS) is 10.2. The van der Waals surface area contributed by atoms with E-state index in [4.69, 9.17) is 5.11 Å². The van der Waals surface area contributed by atoms with Crippen LogP contribution in [0.5, 0.6) is 0 Å². The van der Waals surface area contributed by atoms with Crippen molar-refractivity contribution in [3.05, 3.63) is 42.0 Å². The Balaban J connectivity index is 2.72. The zero-order valence-electron chi connectivity index (χ0n) is 5.82. The Morgan fingerprint density at radius 3 is 2.64 bits per heavy atom. The van der Waals surface area contributed by atoms with Crippen LogP contribution in [0.3, 0.4) is 0 Å². The minimum Gasteiger partial charge on any atom is -0.478 e. The first kappa shape index (κ1) is 7.54. The molecule has 0 bridgehead atoms. The second-order valence-corrected chi connectivity index (χ2v) is 2.00. The molecule has 0 aliphatic carbocycles. The summed E-state index contributed by atoms with van der Waals surface area (Å²) in [4.78, 5) is 10.1. The van der Waals surface area contributed by atoms with Crippen LogP contribution in [0.4, 0.5) is 0 Å². The van der Waals surface area contributed by atoms with Gasteiger partial charge in [0.25, 0.3) is 0 Å². The van der Waals surface area contributed by atoms with Gasteiger partial charge in [-0.05, 0) is 17.7 Å². The Morgan fingerprint density at radius 1 is 1.45 bits per heavy atom.